The molecule has 0 radical (unpaired) electrons. The topological polar surface area (TPSA) is 17.1 Å². The summed E-state index contributed by atoms with van der Waals surface area (Å²) in [5.41, 5.74) is 1.14. The number of fused-ring (bicyclic) bond motifs is 2. The Morgan fingerprint density at radius 1 is 1.25 bits per heavy atom. The second-order valence-corrected chi connectivity index (χ2v) is 4.05. The fourth-order valence-electron chi connectivity index (χ4n) is 2.34. The number of Topliss-reactive ketones (excluding diaryl/α,β-unsaturated/α-hetero) is 1. The maximum Gasteiger partial charge on any atom is 0.158 e. The summed E-state index contributed by atoms with van der Waals surface area (Å²) in [5, 5.41) is 0. The summed E-state index contributed by atoms with van der Waals surface area (Å²) >= 11 is 0. The van der Waals surface area contributed by atoms with Crippen molar-refractivity contribution in [3.8, 4) is 0 Å². The van der Waals surface area contributed by atoms with Crippen molar-refractivity contribution in [2.45, 2.75) is 44.9 Å². The van der Waals surface area contributed by atoms with E-state index in [2.05, 4.69) is 6.08 Å². The molecule has 1 unspecified atom stereocenters. The van der Waals surface area contributed by atoms with Crippen molar-refractivity contribution in [2.75, 3.05) is 0 Å². The van der Waals surface area contributed by atoms with Crippen molar-refractivity contribution < 1.29 is 4.79 Å². The van der Waals surface area contributed by atoms with Crippen LogP contribution >= 0.6 is 0 Å². The molecule has 0 spiro atoms. The summed E-state index contributed by atoms with van der Waals surface area (Å²) in [7, 11) is 0. The summed E-state index contributed by atoms with van der Waals surface area (Å²) < 4.78 is 0. The molecule has 1 nitrogen and oxygen atoms in total. The van der Waals surface area contributed by atoms with Gasteiger partial charge in [0.15, 0.2) is 5.78 Å². The Kier molecular flexibility index (Phi) is 2.29. The highest BCUT2D eigenvalue weighted by Gasteiger charge is 2.21. The highest BCUT2D eigenvalue weighted by atomic mass is 16.1. The van der Waals surface area contributed by atoms with Crippen LogP contribution in [0.4, 0.5) is 0 Å². The lowest BCUT2D eigenvalue weighted by atomic mass is 9.81. The van der Waals surface area contributed by atoms with Gasteiger partial charge in [0.05, 0.1) is 0 Å². The zero-order valence-corrected chi connectivity index (χ0v) is 7.51. The van der Waals surface area contributed by atoms with Crippen LogP contribution in [0.3, 0.4) is 0 Å². The van der Waals surface area contributed by atoms with Gasteiger partial charge in [-0.25, -0.2) is 0 Å². The molecule has 0 amide bonds. The van der Waals surface area contributed by atoms with Crippen LogP contribution in [0, 0.1) is 5.92 Å². The van der Waals surface area contributed by atoms with Crippen molar-refractivity contribution >= 4 is 5.78 Å². The van der Waals surface area contributed by atoms with E-state index in [4.69, 9.17) is 0 Å². The largest absolute Gasteiger partial charge is 0.295 e. The van der Waals surface area contributed by atoms with Crippen molar-refractivity contribution in [1.29, 1.82) is 0 Å². The number of ketones is 1. The lowest BCUT2D eigenvalue weighted by Gasteiger charge is -2.24. The molecule has 1 fully saturated rings. The van der Waals surface area contributed by atoms with Crippen LogP contribution in [0.1, 0.15) is 44.9 Å². The summed E-state index contributed by atoms with van der Waals surface area (Å²) in [6.07, 6.45) is 10.3. The maximum absolute atomic E-state index is 11.5. The zero-order valence-electron chi connectivity index (χ0n) is 7.51. The Hall–Kier alpha value is -0.590. The Morgan fingerprint density at radius 2 is 2.17 bits per heavy atom. The van der Waals surface area contributed by atoms with Gasteiger partial charge in [-0.05, 0) is 37.2 Å². The molecule has 0 heterocycles. The van der Waals surface area contributed by atoms with Gasteiger partial charge in [-0.1, -0.05) is 18.9 Å². The molecule has 0 aromatic carbocycles. The Morgan fingerprint density at radius 3 is 3.08 bits per heavy atom. The number of carbonyl (C=O) groups excluding carboxylic acids is 1. The van der Waals surface area contributed by atoms with Gasteiger partial charge in [-0.2, -0.15) is 0 Å². The van der Waals surface area contributed by atoms with E-state index < -0.39 is 0 Å². The van der Waals surface area contributed by atoms with E-state index in [-0.39, 0.29) is 0 Å². The standard InChI is InChI=1S/C11H16O/c12-11-7-2-1-4-9-5-3-6-10(11)8-9/h6,9H,1-5,7-8H2. The molecule has 2 bridgehead atoms. The smallest absolute Gasteiger partial charge is 0.158 e. The molecule has 2 aliphatic rings. The van der Waals surface area contributed by atoms with Crippen LogP contribution in [0.5, 0.6) is 0 Å². The molecule has 2 rings (SSSR count). The second kappa shape index (κ2) is 3.42. The number of hydrogen-bond donors (Lipinski definition) is 0. The summed E-state index contributed by atoms with van der Waals surface area (Å²) in [6, 6.07) is 0. The molecular formula is C11H16O. The molecule has 0 aliphatic heterocycles. The quantitative estimate of drug-likeness (QED) is 0.538. The average Bonchev–Trinajstić information content (AvgIpc) is 2.11. The van der Waals surface area contributed by atoms with Gasteiger partial charge in [0.2, 0.25) is 0 Å². The van der Waals surface area contributed by atoms with E-state index in [9.17, 15) is 4.79 Å². The van der Waals surface area contributed by atoms with Gasteiger partial charge in [-0.15, -0.1) is 0 Å². The van der Waals surface area contributed by atoms with E-state index in [0.717, 1.165) is 37.2 Å². The Balaban J connectivity index is 2.13. The van der Waals surface area contributed by atoms with Crippen LogP contribution < -0.4 is 0 Å². The third-order valence-corrected chi connectivity index (χ3v) is 3.10. The van der Waals surface area contributed by atoms with E-state index in [0.29, 0.717) is 5.78 Å². The zero-order chi connectivity index (χ0) is 8.39. The van der Waals surface area contributed by atoms with Crippen LogP contribution in [-0.4, -0.2) is 5.78 Å². The summed E-state index contributed by atoms with van der Waals surface area (Å²) in [4.78, 5) is 11.5. The van der Waals surface area contributed by atoms with Gasteiger partial charge >= 0.3 is 0 Å². The first-order chi connectivity index (χ1) is 5.86. The van der Waals surface area contributed by atoms with Crippen molar-refractivity contribution in [1.82, 2.24) is 0 Å². The number of carbonyl (C=O) groups is 1. The van der Waals surface area contributed by atoms with Gasteiger partial charge in [0.1, 0.15) is 0 Å². The second-order valence-electron chi connectivity index (χ2n) is 4.05. The van der Waals surface area contributed by atoms with E-state index in [1.165, 1.54) is 19.3 Å². The van der Waals surface area contributed by atoms with Crippen LogP contribution in [0.2, 0.25) is 0 Å². The minimum atomic E-state index is 0.430. The van der Waals surface area contributed by atoms with Gasteiger partial charge in [-0.3, -0.25) is 4.79 Å². The monoisotopic (exact) mass is 164 g/mol. The van der Waals surface area contributed by atoms with E-state index in [1.807, 2.05) is 0 Å². The molecule has 0 aromatic heterocycles. The first-order valence-electron chi connectivity index (χ1n) is 5.08. The predicted octanol–water partition coefficient (Wildman–Crippen LogP) is 2.86. The van der Waals surface area contributed by atoms with E-state index in [1.54, 1.807) is 0 Å². The van der Waals surface area contributed by atoms with Crippen molar-refractivity contribution in [3.63, 3.8) is 0 Å². The normalized spacial score (nSPS) is 30.5. The first kappa shape index (κ1) is 8.03. The molecule has 12 heavy (non-hydrogen) atoms. The summed E-state index contributed by atoms with van der Waals surface area (Å²) in [5.74, 6) is 1.26. The highest BCUT2D eigenvalue weighted by molar-refractivity contribution is 5.95. The maximum atomic E-state index is 11.5. The number of rotatable bonds is 0. The van der Waals surface area contributed by atoms with Gasteiger partial charge in [0.25, 0.3) is 0 Å². The van der Waals surface area contributed by atoms with Gasteiger partial charge in [0, 0.05) is 6.42 Å². The lowest BCUT2D eigenvalue weighted by Crippen LogP contribution is -2.15. The molecule has 1 heteroatoms. The minimum Gasteiger partial charge on any atom is -0.295 e. The van der Waals surface area contributed by atoms with Crippen molar-refractivity contribution in [3.05, 3.63) is 11.6 Å². The third-order valence-electron chi connectivity index (χ3n) is 3.10. The fourth-order valence-corrected chi connectivity index (χ4v) is 2.34. The Labute approximate surface area is 73.8 Å². The molecule has 0 N–H and O–H groups in total. The molecular weight excluding hydrogens is 148 g/mol. The molecule has 1 saturated carbocycles. The predicted molar refractivity (Wildman–Crippen MR) is 48.9 cm³/mol. The van der Waals surface area contributed by atoms with Gasteiger partial charge < -0.3 is 0 Å². The Bertz CT molecular complexity index is 215. The fraction of sp³-hybridized carbons (Fsp3) is 0.727. The molecule has 1 atom stereocenters. The molecule has 66 valence electrons. The average molecular weight is 164 g/mol. The minimum absolute atomic E-state index is 0.430. The van der Waals surface area contributed by atoms with Crippen LogP contribution in [0.15, 0.2) is 11.6 Å². The van der Waals surface area contributed by atoms with E-state index >= 15 is 0 Å². The molecule has 2 aliphatic carbocycles. The number of hydrogen-bond acceptors (Lipinski definition) is 1. The van der Waals surface area contributed by atoms with Crippen molar-refractivity contribution in [2.24, 2.45) is 5.92 Å². The molecule has 0 aromatic rings. The highest BCUT2D eigenvalue weighted by Crippen LogP contribution is 2.31. The first-order valence-corrected chi connectivity index (χ1v) is 5.08. The number of allylic oxidation sites excluding steroid dienone is 2. The molecule has 0 saturated heterocycles. The van der Waals surface area contributed by atoms with Crippen LogP contribution in [0.25, 0.3) is 0 Å². The lowest BCUT2D eigenvalue weighted by molar-refractivity contribution is -0.116. The third kappa shape index (κ3) is 1.60. The SMILES string of the molecule is O=C1CCCCC2CCC=C1C2. The summed E-state index contributed by atoms with van der Waals surface area (Å²) in [6.45, 7) is 0. The van der Waals surface area contributed by atoms with Crippen LogP contribution in [-0.2, 0) is 4.79 Å².